The summed E-state index contributed by atoms with van der Waals surface area (Å²) in [6.07, 6.45) is 1.85. The lowest BCUT2D eigenvalue weighted by Gasteiger charge is -2.31. The minimum atomic E-state index is -1.01. The molecule has 1 heterocycles. The van der Waals surface area contributed by atoms with Crippen LogP contribution in [-0.4, -0.2) is 48.3 Å². The normalized spacial score (nSPS) is 15.9. The molecule has 0 unspecified atom stereocenters. The molecule has 0 aliphatic carbocycles. The molecule has 0 atom stereocenters. The van der Waals surface area contributed by atoms with Gasteiger partial charge in [0.25, 0.3) is 0 Å². The van der Waals surface area contributed by atoms with Crippen LogP contribution in [0.3, 0.4) is 0 Å². The van der Waals surface area contributed by atoms with E-state index in [1.165, 1.54) is 12.1 Å². The zero-order valence-corrected chi connectivity index (χ0v) is 11.3. The quantitative estimate of drug-likeness (QED) is 0.886. The average Bonchev–Trinajstić information content (AvgIpc) is 2.47. The Morgan fingerprint density at radius 3 is 2.65 bits per heavy atom. The van der Waals surface area contributed by atoms with Gasteiger partial charge in [-0.15, -0.1) is 0 Å². The van der Waals surface area contributed by atoms with E-state index in [-0.39, 0.29) is 17.7 Å². The van der Waals surface area contributed by atoms with Crippen molar-refractivity contribution in [2.24, 2.45) is 0 Å². The van der Waals surface area contributed by atoms with Crippen LogP contribution in [0.2, 0.25) is 0 Å². The molecule has 1 aromatic rings. The first kappa shape index (κ1) is 14.3. The third kappa shape index (κ3) is 3.48. The van der Waals surface area contributed by atoms with Crippen LogP contribution in [-0.2, 0) is 4.74 Å². The van der Waals surface area contributed by atoms with E-state index in [1.807, 2.05) is 0 Å². The average molecular weight is 278 g/mol. The van der Waals surface area contributed by atoms with Crippen molar-refractivity contribution in [1.82, 2.24) is 4.90 Å². The molecule has 2 rings (SSSR count). The van der Waals surface area contributed by atoms with E-state index >= 15 is 0 Å². The number of piperidine rings is 1. The SMILES string of the molecule is COC1CCN(C(=O)Nc2cccc(C(=O)O)c2)CC1. The molecule has 20 heavy (non-hydrogen) atoms. The van der Waals surface area contributed by atoms with Gasteiger partial charge in [-0.1, -0.05) is 6.07 Å². The smallest absolute Gasteiger partial charge is 0.335 e. The van der Waals surface area contributed by atoms with E-state index in [9.17, 15) is 9.59 Å². The Hall–Kier alpha value is -2.08. The number of ether oxygens (including phenoxy) is 1. The minimum Gasteiger partial charge on any atom is -0.478 e. The lowest BCUT2D eigenvalue weighted by Crippen LogP contribution is -2.42. The van der Waals surface area contributed by atoms with Gasteiger partial charge in [-0.05, 0) is 31.0 Å². The van der Waals surface area contributed by atoms with E-state index in [2.05, 4.69) is 5.32 Å². The van der Waals surface area contributed by atoms with Gasteiger partial charge in [0.2, 0.25) is 0 Å². The van der Waals surface area contributed by atoms with Crippen LogP contribution in [0.4, 0.5) is 10.5 Å². The number of hydrogen-bond acceptors (Lipinski definition) is 3. The lowest BCUT2D eigenvalue weighted by molar-refractivity contribution is 0.0521. The molecule has 0 radical (unpaired) electrons. The second-order valence-electron chi connectivity index (χ2n) is 4.74. The van der Waals surface area contributed by atoms with Gasteiger partial charge in [0, 0.05) is 25.9 Å². The highest BCUT2D eigenvalue weighted by Crippen LogP contribution is 2.16. The Morgan fingerprint density at radius 2 is 2.05 bits per heavy atom. The minimum absolute atomic E-state index is 0.154. The number of carbonyl (C=O) groups excluding carboxylic acids is 1. The Labute approximate surface area is 117 Å². The molecule has 2 N–H and O–H groups in total. The van der Waals surface area contributed by atoms with Gasteiger partial charge in [-0.25, -0.2) is 9.59 Å². The van der Waals surface area contributed by atoms with E-state index in [1.54, 1.807) is 24.1 Å². The number of carboxylic acid groups (broad SMARTS) is 1. The summed E-state index contributed by atoms with van der Waals surface area (Å²) in [4.78, 5) is 24.7. The predicted molar refractivity (Wildman–Crippen MR) is 74.0 cm³/mol. The van der Waals surface area contributed by atoms with Crippen molar-refractivity contribution in [1.29, 1.82) is 0 Å². The molecular weight excluding hydrogens is 260 g/mol. The van der Waals surface area contributed by atoms with Gasteiger partial charge in [0.1, 0.15) is 0 Å². The van der Waals surface area contributed by atoms with Crippen molar-refractivity contribution in [2.45, 2.75) is 18.9 Å². The first-order valence-corrected chi connectivity index (χ1v) is 6.52. The van der Waals surface area contributed by atoms with Crippen molar-refractivity contribution in [2.75, 3.05) is 25.5 Å². The monoisotopic (exact) mass is 278 g/mol. The van der Waals surface area contributed by atoms with Crippen LogP contribution in [0.15, 0.2) is 24.3 Å². The summed E-state index contributed by atoms with van der Waals surface area (Å²) in [6, 6.07) is 6.01. The zero-order chi connectivity index (χ0) is 14.5. The van der Waals surface area contributed by atoms with Crippen molar-refractivity contribution in [3.63, 3.8) is 0 Å². The van der Waals surface area contributed by atoms with Gasteiger partial charge in [-0.2, -0.15) is 0 Å². The zero-order valence-electron chi connectivity index (χ0n) is 11.3. The maximum absolute atomic E-state index is 12.1. The Balaban J connectivity index is 1.95. The summed E-state index contributed by atoms with van der Waals surface area (Å²) in [7, 11) is 1.68. The number of benzene rings is 1. The van der Waals surface area contributed by atoms with E-state index < -0.39 is 5.97 Å². The summed E-state index contributed by atoms with van der Waals surface area (Å²) >= 11 is 0. The summed E-state index contributed by atoms with van der Waals surface area (Å²) in [5.41, 5.74) is 0.643. The summed E-state index contributed by atoms with van der Waals surface area (Å²) in [5.74, 6) is -1.01. The van der Waals surface area contributed by atoms with Gasteiger partial charge < -0.3 is 20.1 Å². The van der Waals surface area contributed by atoms with Crippen LogP contribution < -0.4 is 5.32 Å². The van der Waals surface area contributed by atoms with Gasteiger partial charge in [0.15, 0.2) is 0 Å². The van der Waals surface area contributed by atoms with Gasteiger partial charge in [0.05, 0.1) is 11.7 Å². The van der Waals surface area contributed by atoms with Crippen LogP contribution >= 0.6 is 0 Å². The number of carboxylic acids is 1. The molecule has 0 saturated carbocycles. The molecule has 2 amide bonds. The Kier molecular flexibility index (Phi) is 4.57. The highest BCUT2D eigenvalue weighted by Gasteiger charge is 2.22. The van der Waals surface area contributed by atoms with E-state index in [4.69, 9.17) is 9.84 Å². The Morgan fingerprint density at radius 1 is 1.35 bits per heavy atom. The summed E-state index contributed by atoms with van der Waals surface area (Å²) in [5, 5.41) is 11.6. The first-order valence-electron chi connectivity index (χ1n) is 6.52. The van der Waals surface area contributed by atoms with Crippen molar-refractivity contribution in [3.05, 3.63) is 29.8 Å². The fourth-order valence-corrected chi connectivity index (χ4v) is 2.23. The number of aromatic carboxylic acids is 1. The molecule has 6 nitrogen and oxygen atoms in total. The fraction of sp³-hybridized carbons (Fsp3) is 0.429. The van der Waals surface area contributed by atoms with Crippen LogP contribution in [0.1, 0.15) is 23.2 Å². The highest BCUT2D eigenvalue weighted by atomic mass is 16.5. The molecule has 1 aliphatic rings. The standard InChI is InChI=1S/C14H18N2O4/c1-20-12-5-7-16(8-6-12)14(19)15-11-4-2-3-10(9-11)13(17)18/h2-4,9,12H,5-8H2,1H3,(H,15,19)(H,17,18). The second kappa shape index (κ2) is 6.38. The van der Waals surface area contributed by atoms with Crippen molar-refractivity contribution >= 4 is 17.7 Å². The molecule has 1 aromatic carbocycles. The maximum Gasteiger partial charge on any atom is 0.335 e. The second-order valence-corrected chi connectivity index (χ2v) is 4.74. The van der Waals surface area contributed by atoms with Crippen molar-refractivity contribution < 1.29 is 19.4 Å². The summed E-state index contributed by atoms with van der Waals surface area (Å²) < 4.78 is 5.26. The molecule has 1 aliphatic heterocycles. The number of nitrogens with zero attached hydrogens (tertiary/aromatic N) is 1. The van der Waals surface area contributed by atoms with Gasteiger partial charge in [-0.3, -0.25) is 0 Å². The number of anilines is 1. The molecule has 0 bridgehead atoms. The third-order valence-electron chi connectivity index (χ3n) is 3.42. The Bertz CT molecular complexity index is 496. The maximum atomic E-state index is 12.1. The summed E-state index contributed by atoms with van der Waals surface area (Å²) in [6.45, 7) is 1.28. The molecule has 108 valence electrons. The van der Waals surface area contributed by atoms with Crippen LogP contribution in [0.5, 0.6) is 0 Å². The number of amides is 2. The number of rotatable bonds is 3. The number of likely N-dealkylation sites (tertiary alicyclic amines) is 1. The topological polar surface area (TPSA) is 78.9 Å². The van der Waals surface area contributed by atoms with E-state index in [0.29, 0.717) is 18.8 Å². The fourth-order valence-electron chi connectivity index (χ4n) is 2.23. The first-order chi connectivity index (χ1) is 9.60. The number of urea groups is 1. The van der Waals surface area contributed by atoms with Crippen LogP contribution in [0, 0.1) is 0 Å². The van der Waals surface area contributed by atoms with Gasteiger partial charge >= 0.3 is 12.0 Å². The lowest BCUT2D eigenvalue weighted by atomic mass is 10.1. The molecule has 1 saturated heterocycles. The molecule has 0 aromatic heterocycles. The van der Waals surface area contributed by atoms with Crippen LogP contribution in [0.25, 0.3) is 0 Å². The highest BCUT2D eigenvalue weighted by molar-refractivity contribution is 5.93. The third-order valence-corrected chi connectivity index (χ3v) is 3.42. The number of methoxy groups -OCH3 is 1. The molecule has 6 heteroatoms. The molecular formula is C14H18N2O4. The van der Waals surface area contributed by atoms with Crippen molar-refractivity contribution in [3.8, 4) is 0 Å². The number of carbonyl (C=O) groups is 2. The number of nitrogens with one attached hydrogen (secondary N) is 1. The molecule has 1 fully saturated rings. The molecule has 0 spiro atoms. The largest absolute Gasteiger partial charge is 0.478 e. The predicted octanol–water partition coefficient (Wildman–Crippen LogP) is 2.03. The number of hydrogen-bond donors (Lipinski definition) is 2. The van der Waals surface area contributed by atoms with E-state index in [0.717, 1.165) is 12.8 Å².